The Balaban J connectivity index is 1.81. The third-order valence-electron chi connectivity index (χ3n) is 4.14. The second kappa shape index (κ2) is 8.78. The van der Waals surface area contributed by atoms with Gasteiger partial charge in [0.2, 0.25) is 11.8 Å². The Hall–Kier alpha value is -1.95. The minimum absolute atomic E-state index is 0.0360. The van der Waals surface area contributed by atoms with Gasteiger partial charge in [0.15, 0.2) is 0 Å². The zero-order valence-electron chi connectivity index (χ0n) is 14.3. The lowest BCUT2D eigenvalue weighted by Gasteiger charge is -2.24. The highest BCUT2D eigenvalue weighted by Crippen LogP contribution is 2.17. The van der Waals surface area contributed by atoms with Gasteiger partial charge in [-0.05, 0) is 44.4 Å². The number of aryl methyl sites for hydroxylation is 1. The van der Waals surface area contributed by atoms with E-state index in [1.807, 2.05) is 13.8 Å². The van der Waals surface area contributed by atoms with Crippen LogP contribution in [0.25, 0.3) is 0 Å². The highest BCUT2D eigenvalue weighted by molar-refractivity contribution is 5.93. The van der Waals surface area contributed by atoms with Crippen LogP contribution in [0.2, 0.25) is 0 Å². The molecule has 0 aliphatic carbocycles. The van der Waals surface area contributed by atoms with Crippen molar-refractivity contribution in [3.05, 3.63) is 29.6 Å². The lowest BCUT2D eigenvalue weighted by atomic mass is 10.2. The van der Waals surface area contributed by atoms with Crippen molar-refractivity contribution in [2.24, 2.45) is 0 Å². The van der Waals surface area contributed by atoms with Crippen LogP contribution in [-0.2, 0) is 14.3 Å². The first-order chi connectivity index (χ1) is 11.5. The van der Waals surface area contributed by atoms with E-state index in [0.29, 0.717) is 13.1 Å². The van der Waals surface area contributed by atoms with E-state index in [2.05, 4.69) is 5.32 Å². The zero-order valence-corrected chi connectivity index (χ0v) is 14.3. The van der Waals surface area contributed by atoms with Gasteiger partial charge in [-0.3, -0.25) is 9.59 Å². The summed E-state index contributed by atoms with van der Waals surface area (Å²) in [6.45, 7) is 5.65. The molecule has 0 bridgehead atoms. The Bertz CT molecular complexity index is 586. The number of nitrogens with zero attached hydrogens (tertiary/aromatic N) is 1. The van der Waals surface area contributed by atoms with Gasteiger partial charge in [-0.15, -0.1) is 0 Å². The average molecular weight is 336 g/mol. The molecule has 1 aromatic carbocycles. The molecule has 24 heavy (non-hydrogen) atoms. The molecule has 1 atom stereocenters. The number of carbonyl (C=O) groups is 2. The van der Waals surface area contributed by atoms with Gasteiger partial charge in [-0.2, -0.15) is 0 Å². The highest BCUT2D eigenvalue weighted by atomic mass is 19.1. The van der Waals surface area contributed by atoms with E-state index >= 15 is 0 Å². The Labute approximate surface area is 142 Å². The topological polar surface area (TPSA) is 58.6 Å². The number of benzene rings is 1. The van der Waals surface area contributed by atoms with Crippen LogP contribution in [0.15, 0.2) is 18.2 Å². The highest BCUT2D eigenvalue weighted by Gasteiger charge is 2.22. The third-order valence-corrected chi connectivity index (χ3v) is 4.14. The summed E-state index contributed by atoms with van der Waals surface area (Å²) in [7, 11) is 0. The molecular formula is C18H25FN2O3. The Morgan fingerprint density at radius 1 is 1.38 bits per heavy atom. The van der Waals surface area contributed by atoms with Crippen LogP contribution in [0.5, 0.6) is 0 Å². The van der Waals surface area contributed by atoms with Gasteiger partial charge in [-0.1, -0.05) is 6.07 Å². The number of halogens is 1. The van der Waals surface area contributed by atoms with Crippen LogP contribution in [0.4, 0.5) is 10.1 Å². The van der Waals surface area contributed by atoms with Crippen LogP contribution in [0.3, 0.4) is 0 Å². The number of hydrogen-bond acceptors (Lipinski definition) is 3. The first-order valence-electron chi connectivity index (χ1n) is 8.45. The molecule has 5 nitrogen and oxygen atoms in total. The standard InChI is InChI=1S/C18H25FN2O3/c1-3-21(12-14-5-4-10-24-14)18(23)9-8-17(22)20-16-11-13(2)6-7-15(16)19/h6-7,11,14H,3-5,8-10,12H2,1-2H3,(H,20,22)/t14-/m1/s1. The van der Waals surface area contributed by atoms with Crippen LogP contribution in [0, 0.1) is 12.7 Å². The van der Waals surface area contributed by atoms with Crippen molar-refractivity contribution in [1.29, 1.82) is 0 Å². The van der Waals surface area contributed by atoms with Crippen molar-refractivity contribution in [2.45, 2.75) is 45.6 Å². The van der Waals surface area contributed by atoms with Gasteiger partial charge in [0.1, 0.15) is 5.82 Å². The second-order valence-electron chi connectivity index (χ2n) is 6.10. The van der Waals surface area contributed by atoms with E-state index in [4.69, 9.17) is 4.74 Å². The first kappa shape index (κ1) is 18.4. The maximum absolute atomic E-state index is 13.6. The molecule has 0 spiro atoms. The van der Waals surface area contributed by atoms with E-state index in [-0.39, 0.29) is 36.4 Å². The van der Waals surface area contributed by atoms with Crippen molar-refractivity contribution in [2.75, 3.05) is 25.0 Å². The lowest BCUT2D eigenvalue weighted by Crippen LogP contribution is -2.37. The van der Waals surface area contributed by atoms with E-state index in [0.717, 1.165) is 25.0 Å². The molecule has 1 N–H and O–H groups in total. The van der Waals surface area contributed by atoms with Gasteiger partial charge < -0.3 is 15.0 Å². The summed E-state index contributed by atoms with van der Waals surface area (Å²) in [6, 6.07) is 4.53. The van der Waals surface area contributed by atoms with E-state index in [1.54, 1.807) is 17.0 Å². The fraction of sp³-hybridized carbons (Fsp3) is 0.556. The molecule has 132 valence electrons. The minimum atomic E-state index is -0.478. The molecule has 0 saturated carbocycles. The zero-order chi connectivity index (χ0) is 17.5. The maximum Gasteiger partial charge on any atom is 0.224 e. The van der Waals surface area contributed by atoms with Crippen molar-refractivity contribution in [3.8, 4) is 0 Å². The monoisotopic (exact) mass is 336 g/mol. The van der Waals surface area contributed by atoms with Gasteiger partial charge in [0, 0.05) is 32.5 Å². The van der Waals surface area contributed by atoms with Crippen molar-refractivity contribution >= 4 is 17.5 Å². The minimum Gasteiger partial charge on any atom is -0.376 e. The van der Waals surface area contributed by atoms with Crippen LogP contribution >= 0.6 is 0 Å². The quantitative estimate of drug-likeness (QED) is 0.833. The van der Waals surface area contributed by atoms with Gasteiger partial charge in [0.05, 0.1) is 11.8 Å². The van der Waals surface area contributed by atoms with Gasteiger partial charge in [0.25, 0.3) is 0 Å². The molecule has 0 radical (unpaired) electrons. The molecule has 1 aliphatic rings. The molecule has 0 aromatic heterocycles. The van der Waals surface area contributed by atoms with Crippen LogP contribution in [-0.4, -0.2) is 42.5 Å². The average Bonchev–Trinajstić information content (AvgIpc) is 3.07. The molecule has 2 amide bonds. The largest absolute Gasteiger partial charge is 0.376 e. The second-order valence-corrected chi connectivity index (χ2v) is 6.10. The number of ether oxygens (including phenoxy) is 1. The summed E-state index contributed by atoms with van der Waals surface area (Å²) in [5, 5.41) is 2.53. The number of amides is 2. The smallest absolute Gasteiger partial charge is 0.224 e. The normalized spacial score (nSPS) is 16.9. The number of rotatable bonds is 7. The number of likely N-dealkylation sites (N-methyl/N-ethyl adjacent to an activating group) is 1. The Morgan fingerprint density at radius 2 is 2.17 bits per heavy atom. The molecule has 0 unspecified atom stereocenters. The number of hydrogen-bond donors (Lipinski definition) is 1. The van der Waals surface area contributed by atoms with Crippen molar-refractivity contribution in [3.63, 3.8) is 0 Å². The maximum atomic E-state index is 13.6. The molecule has 1 fully saturated rings. The summed E-state index contributed by atoms with van der Waals surface area (Å²) in [5.74, 6) is -0.914. The summed E-state index contributed by atoms with van der Waals surface area (Å²) in [6.07, 6.45) is 2.25. The lowest BCUT2D eigenvalue weighted by molar-refractivity contribution is -0.134. The van der Waals surface area contributed by atoms with E-state index in [9.17, 15) is 14.0 Å². The Morgan fingerprint density at radius 3 is 2.83 bits per heavy atom. The van der Waals surface area contributed by atoms with E-state index < -0.39 is 5.82 Å². The molecule has 1 heterocycles. The van der Waals surface area contributed by atoms with Crippen LogP contribution < -0.4 is 5.32 Å². The fourth-order valence-electron chi connectivity index (χ4n) is 2.77. The fourth-order valence-corrected chi connectivity index (χ4v) is 2.77. The van der Waals surface area contributed by atoms with E-state index in [1.165, 1.54) is 6.07 Å². The Kier molecular flexibility index (Phi) is 6.73. The first-order valence-corrected chi connectivity index (χ1v) is 8.45. The summed E-state index contributed by atoms with van der Waals surface area (Å²) < 4.78 is 19.2. The number of anilines is 1. The van der Waals surface area contributed by atoms with Crippen molar-refractivity contribution in [1.82, 2.24) is 4.90 Å². The summed E-state index contributed by atoms with van der Waals surface area (Å²) in [4.78, 5) is 25.9. The van der Waals surface area contributed by atoms with Crippen molar-refractivity contribution < 1.29 is 18.7 Å². The molecule has 6 heteroatoms. The van der Waals surface area contributed by atoms with Gasteiger partial charge in [-0.25, -0.2) is 4.39 Å². The van der Waals surface area contributed by atoms with Gasteiger partial charge >= 0.3 is 0 Å². The molecule has 2 rings (SSSR count). The predicted octanol–water partition coefficient (Wildman–Crippen LogP) is 2.88. The molecule has 1 saturated heterocycles. The number of carbonyl (C=O) groups excluding carboxylic acids is 2. The number of nitrogens with one attached hydrogen (secondary N) is 1. The summed E-state index contributed by atoms with van der Waals surface area (Å²) in [5.41, 5.74) is 1.01. The summed E-state index contributed by atoms with van der Waals surface area (Å²) >= 11 is 0. The third kappa shape index (κ3) is 5.30. The van der Waals surface area contributed by atoms with Crippen LogP contribution in [0.1, 0.15) is 38.2 Å². The molecular weight excluding hydrogens is 311 g/mol. The molecule has 1 aliphatic heterocycles. The predicted molar refractivity (Wildman–Crippen MR) is 90.2 cm³/mol. The molecule has 1 aromatic rings. The SMILES string of the molecule is CCN(C[C@H]1CCCO1)C(=O)CCC(=O)Nc1cc(C)ccc1F.